The summed E-state index contributed by atoms with van der Waals surface area (Å²) in [6, 6.07) is 19.5. The molecule has 1 N–H and O–H groups in total. The molecule has 0 aliphatic rings. The number of carbonyl (C=O) groups excluding carboxylic acids is 1. The zero-order valence-electron chi connectivity index (χ0n) is 23.3. The second kappa shape index (κ2) is 12.1. The van der Waals surface area contributed by atoms with Gasteiger partial charge in [0.05, 0.1) is 35.2 Å². The molecule has 0 aliphatic heterocycles. The molecule has 1 heterocycles. The average Bonchev–Trinajstić information content (AvgIpc) is 3.23. The maximum absolute atomic E-state index is 13.6. The molecular formula is C30H29F3N4O4S. The summed E-state index contributed by atoms with van der Waals surface area (Å²) < 4.78 is 76.0. The van der Waals surface area contributed by atoms with Gasteiger partial charge in [0.25, 0.3) is 15.9 Å². The first-order valence-electron chi connectivity index (χ1n) is 12.7. The van der Waals surface area contributed by atoms with Crippen molar-refractivity contribution in [2.45, 2.75) is 31.8 Å². The molecule has 0 radical (unpaired) electrons. The Kier molecular flexibility index (Phi) is 8.76. The Hall–Kier alpha value is -4.58. The quantitative estimate of drug-likeness (QED) is 0.195. The Morgan fingerprint density at radius 3 is 2.33 bits per heavy atom. The number of aryl methyl sites for hydroxylation is 2. The zero-order chi connectivity index (χ0) is 30.7. The summed E-state index contributed by atoms with van der Waals surface area (Å²) in [5.41, 5.74) is 3.92. The lowest BCUT2D eigenvalue weighted by atomic mass is 10.1. The smallest absolute Gasteiger partial charge is 0.418 e. The van der Waals surface area contributed by atoms with Crippen LogP contribution in [0.1, 0.15) is 28.1 Å². The lowest BCUT2D eigenvalue weighted by molar-refractivity contribution is -0.137. The molecule has 3 aromatic carbocycles. The second-order valence-electron chi connectivity index (χ2n) is 9.47. The first-order valence-corrected chi connectivity index (χ1v) is 14.2. The lowest BCUT2D eigenvalue weighted by Crippen LogP contribution is -2.39. The van der Waals surface area contributed by atoms with Crippen LogP contribution in [0.3, 0.4) is 0 Å². The van der Waals surface area contributed by atoms with Crippen LogP contribution in [0.15, 0.2) is 88.9 Å². The molecule has 8 nitrogen and oxygen atoms in total. The van der Waals surface area contributed by atoms with Crippen LogP contribution in [0.2, 0.25) is 0 Å². The molecule has 12 heteroatoms. The van der Waals surface area contributed by atoms with Crippen LogP contribution in [0, 0.1) is 20.8 Å². The SMILES string of the molecule is COc1ccc(C)cc1N(CC(=O)N/N=C\c1cc(C)n(-c2ccccc2C(F)(F)F)c1C)S(=O)(=O)c1ccccc1. The number of para-hydroxylation sites is 1. The van der Waals surface area contributed by atoms with Gasteiger partial charge in [-0.25, -0.2) is 13.8 Å². The van der Waals surface area contributed by atoms with Crippen LogP contribution in [0.4, 0.5) is 18.9 Å². The summed E-state index contributed by atoms with van der Waals surface area (Å²) in [4.78, 5) is 13.0. The molecule has 220 valence electrons. The first kappa shape index (κ1) is 30.4. The fourth-order valence-electron chi connectivity index (χ4n) is 4.55. The van der Waals surface area contributed by atoms with Gasteiger partial charge in [0, 0.05) is 17.0 Å². The van der Waals surface area contributed by atoms with E-state index in [0.29, 0.717) is 17.0 Å². The Labute approximate surface area is 242 Å². The maximum atomic E-state index is 13.6. The topological polar surface area (TPSA) is 93.0 Å². The second-order valence-corrected chi connectivity index (χ2v) is 11.3. The van der Waals surface area contributed by atoms with Gasteiger partial charge < -0.3 is 9.30 Å². The molecular weight excluding hydrogens is 569 g/mol. The van der Waals surface area contributed by atoms with Crippen molar-refractivity contribution in [1.82, 2.24) is 9.99 Å². The minimum atomic E-state index is -4.55. The van der Waals surface area contributed by atoms with Crippen LogP contribution in [-0.4, -0.2) is 38.8 Å². The molecule has 4 aromatic rings. The van der Waals surface area contributed by atoms with E-state index < -0.39 is 34.2 Å². The number of nitrogens with one attached hydrogen (secondary N) is 1. The molecule has 0 aliphatic carbocycles. The molecule has 4 rings (SSSR count). The van der Waals surface area contributed by atoms with Gasteiger partial charge in [-0.05, 0) is 68.8 Å². The highest BCUT2D eigenvalue weighted by Crippen LogP contribution is 2.36. The summed E-state index contributed by atoms with van der Waals surface area (Å²) in [6.45, 7) is 4.47. The van der Waals surface area contributed by atoms with E-state index in [1.165, 1.54) is 48.2 Å². The van der Waals surface area contributed by atoms with Crippen LogP contribution in [0.5, 0.6) is 5.75 Å². The van der Waals surface area contributed by atoms with E-state index in [0.717, 1.165) is 15.9 Å². The number of ether oxygens (including phenoxy) is 1. The molecule has 1 amide bonds. The van der Waals surface area contributed by atoms with Gasteiger partial charge in [0.2, 0.25) is 0 Å². The lowest BCUT2D eigenvalue weighted by Gasteiger charge is -2.25. The van der Waals surface area contributed by atoms with Crippen molar-refractivity contribution in [2.24, 2.45) is 5.10 Å². The zero-order valence-corrected chi connectivity index (χ0v) is 24.1. The van der Waals surface area contributed by atoms with Gasteiger partial charge in [-0.1, -0.05) is 36.4 Å². The van der Waals surface area contributed by atoms with Crippen molar-refractivity contribution in [3.8, 4) is 11.4 Å². The maximum Gasteiger partial charge on any atom is 0.418 e. The highest BCUT2D eigenvalue weighted by Gasteiger charge is 2.34. The van der Waals surface area contributed by atoms with Gasteiger partial charge in [-0.2, -0.15) is 18.3 Å². The van der Waals surface area contributed by atoms with Gasteiger partial charge in [0.15, 0.2) is 0 Å². The number of aromatic nitrogens is 1. The molecule has 1 aromatic heterocycles. The van der Waals surface area contributed by atoms with Crippen molar-refractivity contribution in [3.63, 3.8) is 0 Å². The normalized spacial score (nSPS) is 12.0. The van der Waals surface area contributed by atoms with E-state index in [9.17, 15) is 26.4 Å². The summed E-state index contributed by atoms with van der Waals surface area (Å²) in [5, 5.41) is 3.97. The summed E-state index contributed by atoms with van der Waals surface area (Å²) >= 11 is 0. The third-order valence-corrected chi connectivity index (χ3v) is 8.31. The van der Waals surface area contributed by atoms with E-state index in [1.807, 2.05) is 0 Å². The van der Waals surface area contributed by atoms with Crippen LogP contribution in [-0.2, 0) is 21.0 Å². The Bertz CT molecular complexity index is 1730. The fourth-order valence-corrected chi connectivity index (χ4v) is 6.00. The van der Waals surface area contributed by atoms with Crippen molar-refractivity contribution >= 4 is 27.8 Å². The number of anilines is 1. The summed E-state index contributed by atoms with van der Waals surface area (Å²) in [7, 11) is -2.79. The van der Waals surface area contributed by atoms with Gasteiger partial charge in [-0.15, -0.1) is 0 Å². The summed E-state index contributed by atoms with van der Waals surface area (Å²) in [5.74, 6) is -0.492. The number of benzene rings is 3. The fraction of sp³-hybridized carbons (Fsp3) is 0.200. The molecule has 0 atom stereocenters. The van der Waals surface area contributed by atoms with Crippen LogP contribution < -0.4 is 14.5 Å². The molecule has 0 saturated heterocycles. The number of hydrogen-bond acceptors (Lipinski definition) is 5. The van der Waals surface area contributed by atoms with E-state index in [2.05, 4.69) is 10.5 Å². The predicted molar refractivity (Wildman–Crippen MR) is 155 cm³/mol. The number of alkyl halides is 3. The predicted octanol–water partition coefficient (Wildman–Crippen LogP) is 5.78. The number of rotatable bonds is 9. The standard InChI is InChI=1S/C30H29F3N4O4S/c1-20-14-15-28(41-4)27(16-20)36(42(39,40)24-10-6-5-7-11-24)19-29(38)35-34-18-23-17-21(2)37(22(23)3)26-13-9-8-12-25(26)30(31,32)33/h5-18H,19H2,1-4H3,(H,35,38)/b34-18-. The number of amides is 1. The van der Waals surface area contributed by atoms with E-state index in [-0.39, 0.29) is 22.0 Å². The Balaban J connectivity index is 1.62. The first-order chi connectivity index (χ1) is 19.8. The number of halogens is 3. The number of carbonyl (C=O) groups is 1. The van der Waals surface area contributed by atoms with Crippen molar-refractivity contribution in [3.05, 3.63) is 107 Å². The van der Waals surface area contributed by atoms with Crippen LogP contribution in [0.25, 0.3) is 5.69 Å². The molecule has 0 spiro atoms. The third kappa shape index (κ3) is 6.33. The van der Waals surface area contributed by atoms with Crippen molar-refractivity contribution < 1.29 is 31.1 Å². The van der Waals surface area contributed by atoms with Crippen LogP contribution >= 0.6 is 0 Å². The Morgan fingerprint density at radius 2 is 1.67 bits per heavy atom. The molecule has 42 heavy (non-hydrogen) atoms. The monoisotopic (exact) mass is 598 g/mol. The molecule has 0 fully saturated rings. The minimum Gasteiger partial charge on any atom is -0.495 e. The largest absolute Gasteiger partial charge is 0.495 e. The highest BCUT2D eigenvalue weighted by atomic mass is 32.2. The minimum absolute atomic E-state index is 0.0172. The number of hydrogen-bond donors (Lipinski definition) is 1. The van der Waals surface area contributed by atoms with Gasteiger partial charge in [0.1, 0.15) is 12.3 Å². The van der Waals surface area contributed by atoms with Gasteiger partial charge >= 0.3 is 6.18 Å². The number of methoxy groups -OCH3 is 1. The van der Waals surface area contributed by atoms with Gasteiger partial charge in [-0.3, -0.25) is 9.10 Å². The number of sulfonamides is 1. The highest BCUT2D eigenvalue weighted by molar-refractivity contribution is 7.92. The molecule has 0 bridgehead atoms. The average molecular weight is 599 g/mol. The third-order valence-electron chi connectivity index (χ3n) is 6.53. The van der Waals surface area contributed by atoms with E-state index in [4.69, 9.17) is 4.74 Å². The Morgan fingerprint density at radius 1 is 1.00 bits per heavy atom. The molecule has 0 saturated carbocycles. The van der Waals surface area contributed by atoms with E-state index >= 15 is 0 Å². The summed E-state index contributed by atoms with van der Waals surface area (Å²) in [6.07, 6.45) is -3.25. The number of hydrazone groups is 1. The number of nitrogens with zero attached hydrogens (tertiary/aromatic N) is 3. The van der Waals surface area contributed by atoms with Crippen molar-refractivity contribution in [2.75, 3.05) is 18.0 Å². The van der Waals surface area contributed by atoms with E-state index in [1.54, 1.807) is 63.2 Å². The van der Waals surface area contributed by atoms with Crippen molar-refractivity contribution in [1.29, 1.82) is 0 Å². The molecule has 0 unspecified atom stereocenters.